The second-order valence-corrected chi connectivity index (χ2v) is 7.71. The Balaban J connectivity index is 3.20. The average molecular weight is 499 g/mol. The van der Waals surface area contributed by atoms with Crippen LogP contribution in [0, 0.1) is 0 Å². The molecule has 106 valence electrons. The van der Waals surface area contributed by atoms with Gasteiger partial charge in [0, 0.05) is 38.7 Å². The first-order valence-corrected chi connectivity index (χ1v) is 9.01. The van der Waals surface area contributed by atoms with E-state index in [1.807, 2.05) is 0 Å². The maximum absolute atomic E-state index is 12.0. The van der Waals surface area contributed by atoms with Crippen LogP contribution in [0.3, 0.4) is 0 Å². The summed E-state index contributed by atoms with van der Waals surface area (Å²) in [6, 6.07) is 3.55. The van der Waals surface area contributed by atoms with E-state index in [2.05, 4.69) is 47.8 Å². The number of phosphoric acid groups is 1. The predicted molar refractivity (Wildman–Crippen MR) is 86.1 cm³/mol. The first-order valence-electron chi connectivity index (χ1n) is 4.73. The quantitative estimate of drug-likeness (QED) is 0.286. The van der Waals surface area contributed by atoms with Crippen LogP contribution in [0.1, 0.15) is 5.56 Å². The van der Waals surface area contributed by atoms with Gasteiger partial charge in [-0.05, 0) is 59.9 Å². The number of benzene rings is 1. The fraction of sp³-hybridized carbons (Fsp3) is 0.200. The molecule has 19 heavy (non-hydrogen) atoms. The molecule has 0 unspecified atom stereocenters. The van der Waals surface area contributed by atoms with Crippen LogP contribution >= 0.6 is 67.2 Å². The van der Waals surface area contributed by atoms with E-state index in [0.717, 1.165) is 14.5 Å². The van der Waals surface area contributed by atoms with Crippen molar-refractivity contribution in [3.63, 3.8) is 0 Å². The van der Waals surface area contributed by atoms with Gasteiger partial charge in [-0.2, -0.15) is 0 Å². The Morgan fingerprint density at radius 2 is 1.68 bits per heavy atom. The zero-order chi connectivity index (χ0) is 14.6. The second-order valence-electron chi connectivity index (χ2n) is 3.12. The maximum Gasteiger partial charge on any atom is 0.529 e. The number of rotatable bonds is 5. The fourth-order valence-electron chi connectivity index (χ4n) is 1.11. The van der Waals surface area contributed by atoms with E-state index >= 15 is 0 Å². The zero-order valence-electron chi connectivity index (χ0n) is 9.82. The summed E-state index contributed by atoms with van der Waals surface area (Å²) in [7, 11) is -1.22. The van der Waals surface area contributed by atoms with Gasteiger partial charge < -0.3 is 4.52 Å². The van der Waals surface area contributed by atoms with Crippen LogP contribution in [-0.2, 0) is 18.1 Å². The van der Waals surface area contributed by atoms with Crippen LogP contribution in [0.4, 0.5) is 0 Å². The molecule has 0 aliphatic rings. The molecule has 4 nitrogen and oxygen atoms in total. The van der Waals surface area contributed by atoms with Gasteiger partial charge in [-0.3, -0.25) is 9.05 Å². The zero-order valence-corrected chi connectivity index (χ0v) is 16.2. The van der Waals surface area contributed by atoms with Crippen molar-refractivity contribution in [3.05, 3.63) is 36.6 Å². The Labute approximate surface area is 141 Å². The summed E-state index contributed by atoms with van der Waals surface area (Å²) in [5.74, 6) is 0.161. The van der Waals surface area contributed by atoms with Gasteiger partial charge in [0.05, 0.1) is 0 Å². The van der Waals surface area contributed by atoms with E-state index in [0.29, 0.717) is 10.0 Å². The Kier molecular flexibility index (Phi) is 7.07. The van der Waals surface area contributed by atoms with Crippen LogP contribution in [0.15, 0.2) is 31.1 Å². The minimum atomic E-state index is -3.67. The third kappa shape index (κ3) is 4.56. The Morgan fingerprint density at radius 3 is 2.16 bits per heavy atom. The molecule has 0 amide bonds. The van der Waals surface area contributed by atoms with Crippen LogP contribution < -0.4 is 0 Å². The molecule has 1 aromatic rings. The molecule has 0 N–H and O–H groups in total. The molecule has 0 aromatic heterocycles. The summed E-state index contributed by atoms with van der Waals surface area (Å²) in [5.41, 5.74) is 1.75. The van der Waals surface area contributed by atoms with E-state index in [4.69, 9.17) is 25.2 Å². The maximum atomic E-state index is 12.0. The molecule has 0 aliphatic carbocycles. The molecule has 0 saturated carbocycles. The van der Waals surface area contributed by atoms with Crippen LogP contribution in [0.2, 0.25) is 0 Å². The lowest BCUT2D eigenvalue weighted by Crippen LogP contribution is -1.96. The molecule has 0 heterocycles. The third-order valence-corrected chi connectivity index (χ3v) is 6.05. The number of hydrogen-bond donors (Lipinski definition) is 0. The molecular formula is C10H9Br3ClO4P. The molecule has 0 spiro atoms. The first-order chi connectivity index (χ1) is 8.86. The van der Waals surface area contributed by atoms with Gasteiger partial charge in [-0.25, -0.2) is 4.57 Å². The van der Waals surface area contributed by atoms with Gasteiger partial charge in [0.2, 0.25) is 0 Å². The van der Waals surface area contributed by atoms with Crippen molar-refractivity contribution in [2.75, 3.05) is 14.2 Å². The summed E-state index contributed by atoms with van der Waals surface area (Å²) < 4.78 is 28.9. The first kappa shape index (κ1) is 17.7. The highest BCUT2D eigenvalue weighted by Crippen LogP contribution is 2.52. The molecule has 0 radical (unpaired) electrons. The molecule has 0 fully saturated rings. The molecule has 0 atom stereocenters. The average Bonchev–Trinajstić information content (AvgIpc) is 2.40. The van der Waals surface area contributed by atoms with E-state index in [-0.39, 0.29) is 5.76 Å². The lowest BCUT2D eigenvalue weighted by Gasteiger charge is -2.17. The topological polar surface area (TPSA) is 44.8 Å². The molecule has 1 rings (SSSR count). The van der Waals surface area contributed by atoms with Crippen LogP contribution in [0.5, 0.6) is 0 Å². The summed E-state index contributed by atoms with van der Waals surface area (Å²) in [6.45, 7) is 0. The molecule has 1 aromatic carbocycles. The van der Waals surface area contributed by atoms with Crippen molar-refractivity contribution in [1.82, 2.24) is 0 Å². The van der Waals surface area contributed by atoms with E-state index in [1.165, 1.54) is 14.2 Å². The van der Waals surface area contributed by atoms with Gasteiger partial charge >= 0.3 is 7.82 Å². The second kappa shape index (κ2) is 7.59. The van der Waals surface area contributed by atoms with E-state index < -0.39 is 7.82 Å². The Morgan fingerprint density at radius 1 is 1.16 bits per heavy atom. The van der Waals surface area contributed by atoms with Gasteiger partial charge in [-0.1, -0.05) is 11.6 Å². The lowest BCUT2D eigenvalue weighted by molar-refractivity contribution is 0.201. The minimum Gasteiger partial charge on any atom is -0.402 e. The molecule has 0 aliphatic heterocycles. The van der Waals surface area contributed by atoms with Gasteiger partial charge in [0.1, 0.15) is 0 Å². The van der Waals surface area contributed by atoms with Crippen molar-refractivity contribution < 1.29 is 18.1 Å². The standard InChI is InChI=1S/C10H9Br3ClO4P/c1-16-19(15,17-2)18-10(5-14)6-3-8(12)9(13)4-7(6)11/h3-5H,1-2H3. The smallest absolute Gasteiger partial charge is 0.402 e. The summed E-state index contributed by atoms with van der Waals surface area (Å²) in [5, 5.41) is 0. The summed E-state index contributed by atoms with van der Waals surface area (Å²) in [4.78, 5) is 0. The van der Waals surface area contributed by atoms with Gasteiger partial charge in [0.15, 0.2) is 5.76 Å². The molecular weight excluding hydrogens is 490 g/mol. The normalized spacial score (nSPS) is 12.6. The summed E-state index contributed by atoms with van der Waals surface area (Å²) >= 11 is 15.8. The predicted octanol–water partition coefficient (Wildman–Crippen LogP) is 5.93. The highest BCUT2D eigenvalue weighted by Gasteiger charge is 2.27. The number of hydrogen-bond acceptors (Lipinski definition) is 4. The minimum absolute atomic E-state index is 0.161. The van der Waals surface area contributed by atoms with Crippen molar-refractivity contribution in [2.45, 2.75) is 0 Å². The summed E-state index contributed by atoms with van der Waals surface area (Å²) in [6.07, 6.45) is 0. The van der Waals surface area contributed by atoms with Crippen molar-refractivity contribution >= 4 is 73.0 Å². The van der Waals surface area contributed by atoms with Crippen molar-refractivity contribution in [1.29, 1.82) is 0 Å². The molecule has 0 saturated heterocycles. The third-order valence-electron chi connectivity index (χ3n) is 2.03. The van der Waals surface area contributed by atoms with E-state index in [1.54, 1.807) is 12.1 Å². The number of phosphoric ester groups is 1. The fourth-order valence-corrected chi connectivity index (χ4v) is 3.56. The molecule has 0 bridgehead atoms. The SMILES string of the molecule is COP(=O)(OC)OC(=CCl)c1cc(Br)c(Br)cc1Br. The Bertz CT molecular complexity index is 542. The van der Waals surface area contributed by atoms with Crippen LogP contribution in [-0.4, -0.2) is 14.2 Å². The van der Waals surface area contributed by atoms with E-state index in [9.17, 15) is 4.57 Å². The monoisotopic (exact) mass is 496 g/mol. The van der Waals surface area contributed by atoms with Crippen molar-refractivity contribution in [3.8, 4) is 0 Å². The highest BCUT2D eigenvalue weighted by molar-refractivity contribution is 9.13. The molecule has 9 heteroatoms. The van der Waals surface area contributed by atoms with Crippen LogP contribution in [0.25, 0.3) is 5.76 Å². The van der Waals surface area contributed by atoms with Gasteiger partial charge in [-0.15, -0.1) is 0 Å². The largest absolute Gasteiger partial charge is 0.529 e. The number of halogens is 4. The van der Waals surface area contributed by atoms with Crippen molar-refractivity contribution in [2.24, 2.45) is 0 Å². The van der Waals surface area contributed by atoms with Gasteiger partial charge in [0.25, 0.3) is 0 Å². The highest BCUT2D eigenvalue weighted by atomic mass is 79.9. The Hall–Kier alpha value is 0.640. The lowest BCUT2D eigenvalue weighted by atomic mass is 10.2.